The summed E-state index contributed by atoms with van der Waals surface area (Å²) < 4.78 is 23.2. The van der Waals surface area contributed by atoms with Crippen molar-refractivity contribution in [3.05, 3.63) is 22.3 Å². The maximum Gasteiger partial charge on any atom is 0.154 e. The Morgan fingerprint density at radius 2 is 2.06 bits per heavy atom. The van der Waals surface area contributed by atoms with Crippen molar-refractivity contribution in [2.45, 2.75) is 25.5 Å². The van der Waals surface area contributed by atoms with Crippen molar-refractivity contribution in [1.29, 1.82) is 0 Å². The van der Waals surface area contributed by atoms with Crippen LogP contribution in [0.4, 0.5) is 5.82 Å². The molecular weight excluding hydrogens is 304 g/mol. The first-order valence-corrected chi connectivity index (χ1v) is 7.88. The van der Waals surface area contributed by atoms with Crippen LogP contribution in [0, 0.1) is 6.92 Å². The van der Waals surface area contributed by atoms with Crippen molar-refractivity contribution in [1.82, 2.24) is 4.98 Å². The van der Waals surface area contributed by atoms with Gasteiger partial charge in [0.1, 0.15) is 5.82 Å². The number of hydrogen-bond acceptors (Lipinski definition) is 4. The summed E-state index contributed by atoms with van der Waals surface area (Å²) in [5, 5.41) is 3.06. The standard InChI is InChI=1S/C11H17BrN2O2S/c1-8-5-6-13-10(9(8)12)14-7-11(2,3)17(4,15)16/h5-6H,7H2,1-4H3,(H,13,14). The lowest BCUT2D eigenvalue weighted by Crippen LogP contribution is -2.38. The smallest absolute Gasteiger partial charge is 0.154 e. The molecule has 1 aromatic heterocycles. The third-order valence-corrected chi connectivity index (χ3v) is 5.92. The highest BCUT2D eigenvalue weighted by molar-refractivity contribution is 9.10. The number of rotatable bonds is 4. The van der Waals surface area contributed by atoms with E-state index < -0.39 is 14.6 Å². The fraction of sp³-hybridized carbons (Fsp3) is 0.545. The van der Waals surface area contributed by atoms with E-state index >= 15 is 0 Å². The first-order chi connectivity index (χ1) is 7.65. The predicted molar refractivity (Wildman–Crippen MR) is 74.1 cm³/mol. The highest BCUT2D eigenvalue weighted by atomic mass is 79.9. The van der Waals surface area contributed by atoms with Crippen molar-refractivity contribution in [3.63, 3.8) is 0 Å². The molecule has 17 heavy (non-hydrogen) atoms. The van der Waals surface area contributed by atoms with E-state index in [1.165, 1.54) is 6.26 Å². The number of aromatic nitrogens is 1. The van der Waals surface area contributed by atoms with Gasteiger partial charge in [-0.2, -0.15) is 0 Å². The Labute approximate surface area is 111 Å². The molecule has 0 aliphatic rings. The molecule has 0 unspecified atom stereocenters. The fourth-order valence-corrected chi connectivity index (χ4v) is 1.80. The highest BCUT2D eigenvalue weighted by Crippen LogP contribution is 2.24. The van der Waals surface area contributed by atoms with Crippen LogP contribution in [0.2, 0.25) is 0 Å². The summed E-state index contributed by atoms with van der Waals surface area (Å²) in [6.45, 7) is 5.66. The molecule has 1 aromatic rings. The summed E-state index contributed by atoms with van der Waals surface area (Å²) in [4.78, 5) is 4.17. The zero-order valence-electron chi connectivity index (χ0n) is 10.4. The third kappa shape index (κ3) is 3.42. The fourth-order valence-electron chi connectivity index (χ4n) is 1.09. The molecule has 6 heteroatoms. The van der Waals surface area contributed by atoms with Crippen LogP contribution in [0.3, 0.4) is 0 Å². The molecule has 0 aliphatic heterocycles. The highest BCUT2D eigenvalue weighted by Gasteiger charge is 2.30. The zero-order chi connectivity index (χ0) is 13.3. The lowest BCUT2D eigenvalue weighted by atomic mass is 10.2. The molecule has 0 amide bonds. The minimum absolute atomic E-state index is 0.320. The van der Waals surface area contributed by atoms with Crippen molar-refractivity contribution in [3.8, 4) is 0 Å². The van der Waals surface area contributed by atoms with Gasteiger partial charge < -0.3 is 5.32 Å². The first-order valence-electron chi connectivity index (χ1n) is 5.20. The molecule has 1 heterocycles. The minimum atomic E-state index is -3.10. The van der Waals surface area contributed by atoms with E-state index in [4.69, 9.17) is 0 Å². The molecule has 0 fully saturated rings. The molecule has 0 spiro atoms. The van der Waals surface area contributed by atoms with E-state index in [9.17, 15) is 8.42 Å². The second-order valence-electron chi connectivity index (χ2n) is 4.68. The van der Waals surface area contributed by atoms with E-state index in [1.807, 2.05) is 13.0 Å². The van der Waals surface area contributed by atoms with E-state index in [2.05, 4.69) is 26.2 Å². The largest absolute Gasteiger partial charge is 0.368 e. The first kappa shape index (κ1) is 14.4. The number of hydrogen-bond donors (Lipinski definition) is 1. The van der Waals surface area contributed by atoms with Gasteiger partial charge in [0.25, 0.3) is 0 Å². The number of halogens is 1. The van der Waals surface area contributed by atoms with Gasteiger partial charge in [-0.25, -0.2) is 13.4 Å². The van der Waals surface area contributed by atoms with Gasteiger partial charge in [0.15, 0.2) is 9.84 Å². The summed E-state index contributed by atoms with van der Waals surface area (Å²) in [5.41, 5.74) is 1.06. The molecule has 4 nitrogen and oxygen atoms in total. The average molecular weight is 321 g/mol. The van der Waals surface area contributed by atoms with Gasteiger partial charge in [0.2, 0.25) is 0 Å². The van der Waals surface area contributed by atoms with Gasteiger partial charge in [-0.05, 0) is 48.3 Å². The molecule has 96 valence electrons. The number of nitrogens with one attached hydrogen (secondary N) is 1. The molecule has 0 atom stereocenters. The van der Waals surface area contributed by atoms with E-state index in [0.29, 0.717) is 12.4 Å². The van der Waals surface area contributed by atoms with Crippen LogP contribution in [-0.4, -0.2) is 30.9 Å². The van der Waals surface area contributed by atoms with Gasteiger partial charge in [-0.15, -0.1) is 0 Å². The van der Waals surface area contributed by atoms with Crippen LogP contribution in [-0.2, 0) is 9.84 Å². The molecule has 0 saturated heterocycles. The Morgan fingerprint density at radius 3 is 2.59 bits per heavy atom. The Morgan fingerprint density at radius 1 is 1.47 bits per heavy atom. The number of pyridine rings is 1. The molecule has 0 aliphatic carbocycles. The van der Waals surface area contributed by atoms with E-state index in [1.54, 1.807) is 20.0 Å². The SMILES string of the molecule is Cc1ccnc(NCC(C)(C)S(C)(=O)=O)c1Br. The van der Waals surface area contributed by atoms with Crippen LogP contribution in [0.1, 0.15) is 19.4 Å². The van der Waals surface area contributed by atoms with Crippen molar-refractivity contribution in [2.75, 3.05) is 18.1 Å². The molecule has 0 aromatic carbocycles. The summed E-state index contributed by atoms with van der Waals surface area (Å²) in [6, 6.07) is 1.89. The Kier molecular flexibility index (Phi) is 4.19. The van der Waals surface area contributed by atoms with Crippen molar-refractivity contribution < 1.29 is 8.42 Å². The molecule has 0 bridgehead atoms. The third-order valence-electron chi connectivity index (χ3n) is 2.77. The summed E-state index contributed by atoms with van der Waals surface area (Å²) in [5.74, 6) is 0.668. The number of aryl methyl sites for hydroxylation is 1. The summed E-state index contributed by atoms with van der Waals surface area (Å²) in [6.07, 6.45) is 2.93. The number of nitrogens with zero attached hydrogens (tertiary/aromatic N) is 1. The second kappa shape index (κ2) is 4.94. The van der Waals surface area contributed by atoms with Crippen LogP contribution in [0.15, 0.2) is 16.7 Å². The topological polar surface area (TPSA) is 59.1 Å². The Hall–Kier alpha value is -0.620. The van der Waals surface area contributed by atoms with Gasteiger partial charge >= 0.3 is 0 Å². The summed E-state index contributed by atoms with van der Waals surface area (Å²) in [7, 11) is -3.10. The van der Waals surface area contributed by atoms with Crippen LogP contribution in [0.25, 0.3) is 0 Å². The number of sulfone groups is 1. The van der Waals surface area contributed by atoms with Gasteiger partial charge in [0, 0.05) is 19.0 Å². The zero-order valence-corrected chi connectivity index (χ0v) is 12.8. The minimum Gasteiger partial charge on any atom is -0.368 e. The Balaban J connectivity index is 2.85. The van der Waals surface area contributed by atoms with Gasteiger partial charge in [-0.3, -0.25) is 0 Å². The van der Waals surface area contributed by atoms with Crippen molar-refractivity contribution >= 4 is 31.6 Å². The molecule has 0 radical (unpaired) electrons. The summed E-state index contributed by atoms with van der Waals surface area (Å²) >= 11 is 3.42. The Bertz CT molecular complexity index is 512. The van der Waals surface area contributed by atoms with Crippen molar-refractivity contribution in [2.24, 2.45) is 0 Å². The van der Waals surface area contributed by atoms with Crippen LogP contribution < -0.4 is 5.32 Å². The predicted octanol–water partition coefficient (Wildman–Crippen LogP) is 2.39. The molecular formula is C11H17BrN2O2S. The lowest BCUT2D eigenvalue weighted by Gasteiger charge is -2.23. The number of anilines is 1. The van der Waals surface area contributed by atoms with E-state index in [-0.39, 0.29) is 0 Å². The average Bonchev–Trinajstić information content (AvgIpc) is 2.18. The normalized spacial score (nSPS) is 12.5. The maximum atomic E-state index is 11.6. The van der Waals surface area contributed by atoms with Gasteiger partial charge in [-0.1, -0.05) is 0 Å². The van der Waals surface area contributed by atoms with Gasteiger partial charge in [0.05, 0.1) is 9.22 Å². The molecule has 1 N–H and O–H groups in total. The lowest BCUT2D eigenvalue weighted by molar-refractivity contribution is 0.559. The maximum absolute atomic E-state index is 11.6. The second-order valence-corrected chi connectivity index (χ2v) is 8.12. The van der Waals surface area contributed by atoms with E-state index in [0.717, 1.165) is 10.0 Å². The molecule has 0 saturated carbocycles. The quantitative estimate of drug-likeness (QED) is 0.925. The van der Waals surface area contributed by atoms with Crippen LogP contribution >= 0.6 is 15.9 Å². The van der Waals surface area contributed by atoms with Crippen LogP contribution in [0.5, 0.6) is 0 Å². The molecule has 1 rings (SSSR count). The monoisotopic (exact) mass is 320 g/mol.